The third-order valence-electron chi connectivity index (χ3n) is 4.04. The van der Waals surface area contributed by atoms with Crippen molar-refractivity contribution in [3.05, 3.63) is 42.4 Å². The van der Waals surface area contributed by atoms with Gasteiger partial charge in [0.15, 0.2) is 0 Å². The largest absolute Gasteiger partial charge is 0.316 e. The number of hydrogen-bond donors (Lipinski definition) is 1. The van der Waals surface area contributed by atoms with Crippen molar-refractivity contribution in [2.45, 2.75) is 6.42 Å². The molecule has 1 aliphatic carbocycles. The summed E-state index contributed by atoms with van der Waals surface area (Å²) in [6.45, 7) is 2.31. The highest BCUT2D eigenvalue weighted by atomic mass is 35.5. The highest BCUT2D eigenvalue weighted by Crippen LogP contribution is 2.38. The Morgan fingerprint density at radius 1 is 1.28 bits per heavy atom. The minimum absolute atomic E-state index is 0. The van der Waals surface area contributed by atoms with Crippen molar-refractivity contribution < 1.29 is 0 Å². The minimum atomic E-state index is 0. The number of imidazole rings is 1. The zero-order valence-corrected chi connectivity index (χ0v) is 10.9. The number of aromatic nitrogens is 2. The van der Waals surface area contributed by atoms with Crippen LogP contribution in [-0.2, 0) is 0 Å². The Bertz CT molecular complexity index is 602. The van der Waals surface area contributed by atoms with E-state index in [1.807, 2.05) is 12.3 Å². The Labute approximate surface area is 112 Å². The lowest BCUT2D eigenvalue weighted by Gasteiger charge is -2.06. The van der Waals surface area contributed by atoms with Gasteiger partial charge in [-0.05, 0) is 42.5 Å². The van der Waals surface area contributed by atoms with Gasteiger partial charge in [0, 0.05) is 12.7 Å². The summed E-state index contributed by atoms with van der Waals surface area (Å²) in [5.74, 6) is 1.54. The van der Waals surface area contributed by atoms with Crippen LogP contribution in [0.15, 0.2) is 36.7 Å². The molecule has 2 aliphatic rings. The van der Waals surface area contributed by atoms with E-state index in [0.717, 1.165) is 24.0 Å². The summed E-state index contributed by atoms with van der Waals surface area (Å²) in [5, 5.41) is 3.46. The Balaban J connectivity index is 0.000001000. The maximum atomic E-state index is 4.46. The van der Waals surface area contributed by atoms with Gasteiger partial charge < -0.3 is 9.72 Å². The molecule has 1 saturated heterocycles. The second-order valence-corrected chi connectivity index (χ2v) is 5.05. The predicted octanol–water partition coefficient (Wildman–Crippen LogP) is 2.38. The average molecular weight is 262 g/mol. The molecular weight excluding hydrogens is 246 g/mol. The van der Waals surface area contributed by atoms with Gasteiger partial charge in [-0.3, -0.25) is 0 Å². The quantitative estimate of drug-likeness (QED) is 0.854. The van der Waals surface area contributed by atoms with E-state index in [9.17, 15) is 0 Å². The third kappa shape index (κ3) is 1.66. The maximum absolute atomic E-state index is 4.46. The summed E-state index contributed by atoms with van der Waals surface area (Å²) in [6, 6.07) is 6.16. The van der Waals surface area contributed by atoms with Gasteiger partial charge in [-0.15, -0.1) is 12.4 Å². The summed E-state index contributed by atoms with van der Waals surface area (Å²) < 4.78 is 2.19. The van der Waals surface area contributed by atoms with E-state index in [1.54, 1.807) is 0 Å². The van der Waals surface area contributed by atoms with Crippen LogP contribution in [0, 0.1) is 11.8 Å². The average Bonchev–Trinajstić information content (AvgIpc) is 3.01. The number of allylic oxidation sites excluding steroid dienone is 1. The molecule has 2 atom stereocenters. The van der Waals surface area contributed by atoms with Crippen LogP contribution < -0.4 is 5.32 Å². The molecule has 2 aromatic rings. The van der Waals surface area contributed by atoms with Gasteiger partial charge in [0.05, 0.1) is 11.9 Å². The summed E-state index contributed by atoms with van der Waals surface area (Å²) in [4.78, 5) is 4.46. The van der Waals surface area contributed by atoms with Crippen LogP contribution in [0.25, 0.3) is 11.2 Å². The SMILES string of the molecule is C1=C(c2cnc3ccccn23)C[C@@H]2CNC[C@H]12.Cl. The first-order chi connectivity index (χ1) is 8.42. The van der Waals surface area contributed by atoms with Crippen molar-refractivity contribution in [2.75, 3.05) is 13.1 Å². The fourth-order valence-electron chi connectivity index (χ4n) is 3.14. The van der Waals surface area contributed by atoms with Crippen LogP contribution in [0.3, 0.4) is 0 Å². The zero-order valence-electron chi connectivity index (χ0n) is 10.0. The van der Waals surface area contributed by atoms with Gasteiger partial charge in [-0.2, -0.15) is 0 Å². The highest BCUT2D eigenvalue weighted by molar-refractivity contribution is 5.85. The smallest absolute Gasteiger partial charge is 0.137 e. The molecule has 4 heteroatoms. The molecular formula is C14H16ClN3. The van der Waals surface area contributed by atoms with Gasteiger partial charge in [-0.1, -0.05) is 12.1 Å². The second-order valence-electron chi connectivity index (χ2n) is 5.05. The van der Waals surface area contributed by atoms with Crippen molar-refractivity contribution in [3.8, 4) is 0 Å². The molecule has 0 bridgehead atoms. The molecule has 0 saturated carbocycles. The van der Waals surface area contributed by atoms with E-state index < -0.39 is 0 Å². The number of fused-ring (bicyclic) bond motifs is 2. The van der Waals surface area contributed by atoms with Crippen LogP contribution in [0.4, 0.5) is 0 Å². The Kier molecular flexibility index (Phi) is 2.88. The maximum Gasteiger partial charge on any atom is 0.137 e. The van der Waals surface area contributed by atoms with E-state index in [2.05, 4.69) is 39.1 Å². The standard InChI is InChI=1S/C14H15N3.ClH/c1-2-4-17-13(9-16-14(17)3-1)10-5-11-7-15-8-12(11)6-10;/h1-5,9,11-12,15H,6-8H2;1H/t11-,12+;/m0./s1. The van der Waals surface area contributed by atoms with Crippen LogP contribution in [-0.4, -0.2) is 22.5 Å². The van der Waals surface area contributed by atoms with Crippen LogP contribution in [0.5, 0.6) is 0 Å². The molecule has 3 heterocycles. The number of pyridine rings is 1. The van der Waals surface area contributed by atoms with Crippen LogP contribution in [0.1, 0.15) is 12.1 Å². The van der Waals surface area contributed by atoms with Crippen molar-refractivity contribution in [3.63, 3.8) is 0 Å². The Morgan fingerprint density at radius 3 is 3.11 bits per heavy atom. The highest BCUT2D eigenvalue weighted by Gasteiger charge is 2.32. The second kappa shape index (κ2) is 4.41. The van der Waals surface area contributed by atoms with Crippen molar-refractivity contribution in [1.29, 1.82) is 0 Å². The molecule has 2 aromatic heterocycles. The molecule has 4 rings (SSSR count). The predicted molar refractivity (Wildman–Crippen MR) is 74.9 cm³/mol. The molecule has 0 spiro atoms. The van der Waals surface area contributed by atoms with E-state index in [1.165, 1.54) is 24.2 Å². The molecule has 3 nitrogen and oxygen atoms in total. The van der Waals surface area contributed by atoms with Gasteiger partial charge in [-0.25, -0.2) is 4.98 Å². The fraction of sp³-hybridized carbons (Fsp3) is 0.357. The fourth-order valence-corrected chi connectivity index (χ4v) is 3.14. The van der Waals surface area contributed by atoms with Crippen molar-refractivity contribution in [2.24, 2.45) is 11.8 Å². The lowest BCUT2D eigenvalue weighted by molar-refractivity contribution is 0.536. The van der Waals surface area contributed by atoms with E-state index in [-0.39, 0.29) is 12.4 Å². The summed E-state index contributed by atoms with van der Waals surface area (Å²) in [5.41, 5.74) is 3.79. The lowest BCUT2D eigenvalue weighted by Crippen LogP contribution is -2.09. The Hall–Kier alpha value is -1.32. The molecule has 0 amide bonds. The topological polar surface area (TPSA) is 29.3 Å². The number of hydrogen-bond acceptors (Lipinski definition) is 2. The molecule has 18 heavy (non-hydrogen) atoms. The third-order valence-corrected chi connectivity index (χ3v) is 4.04. The first-order valence-corrected chi connectivity index (χ1v) is 6.26. The minimum Gasteiger partial charge on any atom is -0.316 e. The molecule has 1 N–H and O–H groups in total. The van der Waals surface area contributed by atoms with Gasteiger partial charge in [0.25, 0.3) is 0 Å². The van der Waals surface area contributed by atoms with E-state index in [4.69, 9.17) is 0 Å². The number of nitrogens with one attached hydrogen (secondary N) is 1. The van der Waals surface area contributed by atoms with Crippen molar-refractivity contribution in [1.82, 2.24) is 14.7 Å². The summed E-state index contributed by atoms with van der Waals surface area (Å²) >= 11 is 0. The molecule has 1 fully saturated rings. The molecule has 0 radical (unpaired) electrons. The lowest BCUT2D eigenvalue weighted by atomic mass is 9.99. The van der Waals surface area contributed by atoms with Gasteiger partial charge >= 0.3 is 0 Å². The normalized spacial score (nSPS) is 25.9. The molecule has 1 aliphatic heterocycles. The van der Waals surface area contributed by atoms with Gasteiger partial charge in [0.1, 0.15) is 5.65 Å². The Morgan fingerprint density at radius 2 is 2.22 bits per heavy atom. The van der Waals surface area contributed by atoms with Crippen molar-refractivity contribution >= 4 is 23.6 Å². The molecule has 0 aromatic carbocycles. The monoisotopic (exact) mass is 261 g/mol. The van der Waals surface area contributed by atoms with E-state index in [0.29, 0.717) is 0 Å². The summed E-state index contributed by atoms with van der Waals surface area (Å²) in [7, 11) is 0. The first kappa shape index (κ1) is 11.8. The van der Waals surface area contributed by atoms with Crippen LogP contribution >= 0.6 is 12.4 Å². The number of rotatable bonds is 1. The van der Waals surface area contributed by atoms with E-state index >= 15 is 0 Å². The molecule has 0 unspecified atom stereocenters. The van der Waals surface area contributed by atoms with Crippen LogP contribution in [0.2, 0.25) is 0 Å². The number of halogens is 1. The first-order valence-electron chi connectivity index (χ1n) is 6.26. The zero-order chi connectivity index (χ0) is 11.2. The van der Waals surface area contributed by atoms with Gasteiger partial charge in [0.2, 0.25) is 0 Å². The molecule has 94 valence electrons. The summed E-state index contributed by atoms with van der Waals surface area (Å²) in [6.07, 6.45) is 7.75. The number of nitrogens with zero attached hydrogens (tertiary/aromatic N) is 2.